The normalized spacial score (nSPS) is 13.0. The molecule has 0 aromatic heterocycles. The second kappa shape index (κ2) is 7.80. The highest BCUT2D eigenvalue weighted by Gasteiger charge is 2.14. The zero-order valence-electron chi connectivity index (χ0n) is 12.6. The fourth-order valence-electron chi connectivity index (χ4n) is 1.93. The van der Waals surface area contributed by atoms with E-state index < -0.39 is 9.84 Å². The van der Waals surface area contributed by atoms with Crippen molar-refractivity contribution >= 4 is 33.0 Å². The number of anilines is 1. The predicted molar refractivity (Wildman–Crippen MR) is 87.3 cm³/mol. The van der Waals surface area contributed by atoms with E-state index in [1.54, 1.807) is 18.2 Å². The van der Waals surface area contributed by atoms with Gasteiger partial charge in [0.1, 0.15) is 0 Å². The third kappa shape index (κ3) is 6.48. The Morgan fingerprint density at radius 3 is 2.57 bits per heavy atom. The van der Waals surface area contributed by atoms with Gasteiger partial charge in [-0.2, -0.15) is 0 Å². The van der Waals surface area contributed by atoms with Gasteiger partial charge in [0.25, 0.3) is 0 Å². The Hall–Kier alpha value is -1.07. The summed E-state index contributed by atoms with van der Waals surface area (Å²) in [4.78, 5) is 12.0. The fourth-order valence-corrected chi connectivity index (χ4v) is 3.07. The van der Waals surface area contributed by atoms with E-state index in [2.05, 4.69) is 12.2 Å². The van der Waals surface area contributed by atoms with Gasteiger partial charge in [0, 0.05) is 22.9 Å². The van der Waals surface area contributed by atoms with Gasteiger partial charge in [-0.05, 0) is 24.1 Å². The molecule has 4 nitrogen and oxygen atoms in total. The summed E-state index contributed by atoms with van der Waals surface area (Å²) in [5, 5.41) is 3.16. The molecule has 0 saturated heterocycles. The molecule has 0 bridgehead atoms. The number of rotatable bonds is 7. The molecule has 0 aliphatic carbocycles. The van der Waals surface area contributed by atoms with Crippen LogP contribution < -0.4 is 5.32 Å². The summed E-state index contributed by atoms with van der Waals surface area (Å²) < 4.78 is 22.6. The van der Waals surface area contributed by atoms with Crippen molar-refractivity contribution in [2.45, 2.75) is 38.9 Å². The van der Waals surface area contributed by atoms with Crippen LogP contribution in [0.25, 0.3) is 0 Å². The van der Waals surface area contributed by atoms with Gasteiger partial charge in [0.2, 0.25) is 5.91 Å². The van der Waals surface area contributed by atoms with E-state index in [-0.39, 0.29) is 17.6 Å². The topological polar surface area (TPSA) is 63.2 Å². The number of sulfone groups is 1. The summed E-state index contributed by atoms with van der Waals surface area (Å²) in [7, 11) is -3.13. The lowest BCUT2D eigenvalue weighted by Gasteiger charge is -2.12. The molecule has 0 aliphatic heterocycles. The predicted octanol–water partition coefficient (Wildman–Crippen LogP) is 3.65. The van der Waals surface area contributed by atoms with E-state index in [0.717, 1.165) is 25.5 Å². The highest BCUT2D eigenvalue weighted by molar-refractivity contribution is 7.89. The van der Waals surface area contributed by atoms with Crippen LogP contribution in [0.15, 0.2) is 18.2 Å². The lowest BCUT2D eigenvalue weighted by Crippen LogP contribution is -2.20. The first kappa shape index (κ1) is 18.0. The maximum atomic E-state index is 12.0. The third-order valence-corrected chi connectivity index (χ3v) is 4.36. The van der Waals surface area contributed by atoms with Crippen LogP contribution in [0, 0.1) is 5.92 Å². The number of hydrogen-bond acceptors (Lipinski definition) is 3. The summed E-state index contributed by atoms with van der Waals surface area (Å²) in [5.41, 5.74) is 1.13. The summed E-state index contributed by atoms with van der Waals surface area (Å²) >= 11 is 6.07. The molecule has 6 heteroatoms. The molecule has 1 amide bonds. The summed E-state index contributed by atoms with van der Waals surface area (Å²) in [6.07, 6.45) is 4.09. The molecule has 1 atom stereocenters. The van der Waals surface area contributed by atoms with Crippen molar-refractivity contribution in [2.24, 2.45) is 5.92 Å². The van der Waals surface area contributed by atoms with Crippen molar-refractivity contribution in [1.82, 2.24) is 0 Å². The fraction of sp³-hybridized carbons (Fsp3) is 0.533. The molecule has 1 aromatic carbocycles. The number of carbonyl (C=O) groups excluding carboxylic acids is 1. The van der Waals surface area contributed by atoms with Crippen LogP contribution in [-0.4, -0.2) is 20.6 Å². The van der Waals surface area contributed by atoms with Gasteiger partial charge >= 0.3 is 0 Å². The second-order valence-electron chi connectivity index (χ2n) is 5.41. The molecule has 0 fully saturated rings. The number of hydrogen-bond donors (Lipinski definition) is 1. The minimum atomic E-state index is -3.13. The smallest absolute Gasteiger partial charge is 0.227 e. The molecule has 0 radical (unpaired) electrons. The first-order valence-corrected chi connectivity index (χ1v) is 9.43. The Morgan fingerprint density at radius 1 is 1.38 bits per heavy atom. The minimum Gasteiger partial charge on any atom is -0.326 e. The van der Waals surface area contributed by atoms with E-state index in [0.29, 0.717) is 16.3 Å². The van der Waals surface area contributed by atoms with Gasteiger partial charge in [-0.1, -0.05) is 44.4 Å². The lowest BCUT2D eigenvalue weighted by atomic mass is 10.0. The quantitative estimate of drug-likeness (QED) is 0.829. The number of nitrogens with one attached hydrogen (secondary N) is 1. The lowest BCUT2D eigenvalue weighted by molar-refractivity contribution is -0.119. The maximum absolute atomic E-state index is 12.0. The van der Waals surface area contributed by atoms with Crippen LogP contribution in [0.4, 0.5) is 5.69 Å². The molecule has 0 spiro atoms. The van der Waals surface area contributed by atoms with E-state index in [4.69, 9.17) is 11.6 Å². The van der Waals surface area contributed by atoms with E-state index >= 15 is 0 Å². The number of amides is 1. The average Bonchev–Trinajstić information content (AvgIpc) is 2.37. The maximum Gasteiger partial charge on any atom is 0.227 e. The third-order valence-electron chi connectivity index (χ3n) is 3.18. The number of unbranched alkanes of at least 4 members (excludes halogenated alkanes) is 1. The molecule has 21 heavy (non-hydrogen) atoms. The minimum absolute atomic E-state index is 0.0459. The molecular weight excluding hydrogens is 310 g/mol. The highest BCUT2D eigenvalue weighted by Crippen LogP contribution is 2.23. The second-order valence-corrected chi connectivity index (χ2v) is 7.96. The standard InChI is InChI=1S/C15H22ClNO3S/c1-4-5-6-11(2)15(18)17-13-8-7-12(14(16)9-13)10-21(3,19)20/h7-9,11H,4-6,10H2,1-3H3,(H,17,18)/t11-/m0/s1. The van der Waals surface area contributed by atoms with Crippen molar-refractivity contribution in [3.8, 4) is 0 Å². The van der Waals surface area contributed by atoms with Gasteiger partial charge in [-0.25, -0.2) is 8.42 Å². The summed E-state index contributed by atoms with van der Waals surface area (Å²) in [5.74, 6) is -0.206. The van der Waals surface area contributed by atoms with Crippen LogP contribution in [-0.2, 0) is 20.4 Å². The van der Waals surface area contributed by atoms with Crippen molar-refractivity contribution in [2.75, 3.05) is 11.6 Å². The molecule has 0 heterocycles. The molecule has 1 rings (SSSR count). The molecule has 118 valence electrons. The zero-order valence-corrected chi connectivity index (χ0v) is 14.2. The van der Waals surface area contributed by atoms with Crippen LogP contribution >= 0.6 is 11.6 Å². The van der Waals surface area contributed by atoms with Gasteiger partial charge in [-0.15, -0.1) is 0 Å². The van der Waals surface area contributed by atoms with Crippen LogP contribution in [0.1, 0.15) is 38.7 Å². The van der Waals surface area contributed by atoms with Gasteiger partial charge in [0.05, 0.1) is 5.75 Å². The number of halogens is 1. The number of carbonyl (C=O) groups is 1. The molecule has 0 unspecified atom stereocenters. The van der Waals surface area contributed by atoms with Crippen molar-refractivity contribution in [1.29, 1.82) is 0 Å². The van der Waals surface area contributed by atoms with Crippen LogP contribution in [0.5, 0.6) is 0 Å². The van der Waals surface area contributed by atoms with Crippen molar-refractivity contribution < 1.29 is 13.2 Å². The first-order chi connectivity index (χ1) is 9.73. The van der Waals surface area contributed by atoms with Crippen molar-refractivity contribution in [3.05, 3.63) is 28.8 Å². The molecule has 0 saturated carbocycles. The average molecular weight is 332 g/mol. The Balaban J connectivity index is 2.73. The summed E-state index contributed by atoms with van der Waals surface area (Å²) in [6, 6.07) is 4.90. The molecular formula is C15H22ClNO3S. The highest BCUT2D eigenvalue weighted by atomic mass is 35.5. The van der Waals surface area contributed by atoms with Gasteiger partial charge in [-0.3, -0.25) is 4.79 Å². The Labute approximate surface area is 131 Å². The zero-order chi connectivity index (χ0) is 16.0. The largest absolute Gasteiger partial charge is 0.326 e. The Morgan fingerprint density at radius 2 is 2.05 bits per heavy atom. The number of benzene rings is 1. The summed E-state index contributed by atoms with van der Waals surface area (Å²) in [6.45, 7) is 3.98. The van der Waals surface area contributed by atoms with Crippen LogP contribution in [0.3, 0.4) is 0 Å². The van der Waals surface area contributed by atoms with Crippen molar-refractivity contribution in [3.63, 3.8) is 0 Å². The van der Waals surface area contributed by atoms with E-state index in [9.17, 15) is 13.2 Å². The molecule has 1 aromatic rings. The van der Waals surface area contributed by atoms with Gasteiger partial charge < -0.3 is 5.32 Å². The Bertz CT molecular complexity index is 599. The van der Waals surface area contributed by atoms with Gasteiger partial charge in [0.15, 0.2) is 9.84 Å². The monoisotopic (exact) mass is 331 g/mol. The molecule has 1 N–H and O–H groups in total. The first-order valence-electron chi connectivity index (χ1n) is 7.00. The van der Waals surface area contributed by atoms with E-state index in [1.165, 1.54) is 0 Å². The molecule has 0 aliphatic rings. The van der Waals surface area contributed by atoms with E-state index in [1.807, 2.05) is 6.92 Å². The SMILES string of the molecule is CCCC[C@H](C)C(=O)Nc1ccc(CS(C)(=O)=O)c(Cl)c1. The Kier molecular flexibility index (Phi) is 6.68. The van der Waals surface area contributed by atoms with Crippen LogP contribution in [0.2, 0.25) is 5.02 Å².